The quantitative estimate of drug-likeness (QED) is 0.661. The van der Waals surface area contributed by atoms with Crippen molar-refractivity contribution in [2.24, 2.45) is 0 Å². The van der Waals surface area contributed by atoms with Gasteiger partial charge in [-0.3, -0.25) is 4.79 Å². The van der Waals surface area contributed by atoms with Crippen LogP contribution in [0.25, 0.3) is 0 Å². The molecular weight excluding hydrogens is 279 g/mol. The van der Waals surface area contributed by atoms with Crippen molar-refractivity contribution in [2.45, 2.75) is 16.2 Å². The van der Waals surface area contributed by atoms with Crippen LogP contribution in [-0.2, 0) is 0 Å². The second-order valence-corrected chi connectivity index (χ2v) is 6.58. The molecule has 0 unspecified atom stereocenters. The van der Waals surface area contributed by atoms with Crippen molar-refractivity contribution in [3.63, 3.8) is 0 Å². The first-order valence-corrected chi connectivity index (χ1v) is 6.98. The molecule has 0 spiro atoms. The Kier molecular flexibility index (Phi) is 2.19. The summed E-state index contributed by atoms with van der Waals surface area (Å²) in [5.41, 5.74) is 3.40. The lowest BCUT2D eigenvalue weighted by atomic mass is 9.96. The molecule has 1 nitrogen and oxygen atoms in total. The number of hydrogen-bond acceptors (Lipinski definition) is 1. The van der Waals surface area contributed by atoms with Gasteiger partial charge in [0.25, 0.3) is 0 Å². The summed E-state index contributed by atoms with van der Waals surface area (Å²) < 4.78 is -0.799. The third-order valence-corrected chi connectivity index (χ3v) is 5.07. The Labute approximate surface area is 121 Å². The smallest absolute Gasteiger partial charge is 0.193 e. The largest absolute Gasteiger partial charge is 0.289 e. The number of benzene rings is 2. The van der Waals surface area contributed by atoms with Gasteiger partial charge >= 0.3 is 0 Å². The van der Waals surface area contributed by atoms with Crippen LogP contribution in [0.2, 0.25) is 0 Å². The molecule has 94 valence electrons. The predicted molar refractivity (Wildman–Crippen MR) is 76.2 cm³/mol. The number of rotatable bonds is 0. The lowest BCUT2D eigenvalue weighted by Crippen LogP contribution is -2.08. The van der Waals surface area contributed by atoms with Gasteiger partial charge in [0.1, 0.15) is 4.33 Å². The van der Waals surface area contributed by atoms with Crippen LogP contribution in [0.4, 0.5) is 0 Å². The van der Waals surface area contributed by atoms with Crippen molar-refractivity contribution in [3.8, 4) is 0 Å². The fourth-order valence-electron chi connectivity index (χ4n) is 3.20. The van der Waals surface area contributed by atoms with E-state index in [1.54, 1.807) is 0 Å². The third-order valence-electron chi connectivity index (χ3n) is 4.13. The standard InChI is InChI=1S/C16H10Cl2O/c17-16(18)13-9-5-1-3-7-11(9)15(19)12-8-4-2-6-10(12)14(13)16/h1-8,13-14H/t13-,14+. The maximum absolute atomic E-state index is 12.6. The van der Waals surface area contributed by atoms with E-state index in [0.717, 1.165) is 22.3 Å². The Morgan fingerprint density at radius 2 is 1.21 bits per heavy atom. The second-order valence-electron chi connectivity index (χ2n) is 5.13. The Hall–Kier alpha value is -1.31. The minimum Gasteiger partial charge on any atom is -0.289 e. The van der Waals surface area contributed by atoms with E-state index in [0.29, 0.717) is 0 Å². The van der Waals surface area contributed by atoms with Gasteiger partial charge in [0, 0.05) is 23.0 Å². The van der Waals surface area contributed by atoms with Crippen LogP contribution in [0.5, 0.6) is 0 Å². The fourth-order valence-corrected chi connectivity index (χ4v) is 4.04. The molecule has 1 saturated carbocycles. The molecule has 0 saturated heterocycles. The van der Waals surface area contributed by atoms with Gasteiger partial charge in [-0.2, -0.15) is 0 Å². The molecule has 0 N–H and O–H groups in total. The zero-order valence-electron chi connectivity index (χ0n) is 9.94. The third kappa shape index (κ3) is 1.40. The van der Waals surface area contributed by atoms with E-state index in [2.05, 4.69) is 0 Å². The zero-order valence-corrected chi connectivity index (χ0v) is 11.4. The van der Waals surface area contributed by atoms with Crippen LogP contribution in [0.3, 0.4) is 0 Å². The highest BCUT2D eigenvalue weighted by Gasteiger charge is 2.66. The Bertz CT molecular complexity index is 648. The van der Waals surface area contributed by atoms with Crippen LogP contribution < -0.4 is 0 Å². The highest BCUT2D eigenvalue weighted by molar-refractivity contribution is 6.52. The van der Waals surface area contributed by atoms with Gasteiger partial charge in [-0.05, 0) is 11.1 Å². The van der Waals surface area contributed by atoms with Gasteiger partial charge in [0.15, 0.2) is 5.78 Å². The summed E-state index contributed by atoms with van der Waals surface area (Å²) in [7, 11) is 0. The number of alkyl halides is 2. The molecular formula is C16H10Cl2O. The first kappa shape index (κ1) is 11.5. The van der Waals surface area contributed by atoms with Crippen molar-refractivity contribution in [1.82, 2.24) is 0 Å². The van der Waals surface area contributed by atoms with E-state index >= 15 is 0 Å². The summed E-state index contributed by atoms with van der Waals surface area (Å²) >= 11 is 12.9. The molecule has 0 radical (unpaired) electrons. The number of carbonyl (C=O) groups is 1. The molecule has 0 amide bonds. The molecule has 2 aliphatic rings. The van der Waals surface area contributed by atoms with Gasteiger partial charge in [-0.1, -0.05) is 48.5 Å². The minimum atomic E-state index is -0.799. The maximum atomic E-state index is 12.6. The molecule has 0 heterocycles. The molecule has 1 fully saturated rings. The average molecular weight is 289 g/mol. The highest BCUT2D eigenvalue weighted by atomic mass is 35.5. The summed E-state index contributed by atoms with van der Waals surface area (Å²) in [4.78, 5) is 12.6. The number of halogens is 2. The van der Waals surface area contributed by atoms with Crippen LogP contribution >= 0.6 is 23.2 Å². The summed E-state index contributed by atoms with van der Waals surface area (Å²) in [6.45, 7) is 0. The van der Waals surface area contributed by atoms with Crippen molar-refractivity contribution in [3.05, 3.63) is 70.8 Å². The Balaban J connectivity index is 2.05. The van der Waals surface area contributed by atoms with E-state index in [-0.39, 0.29) is 17.6 Å². The SMILES string of the molecule is O=C1c2ccccc2[C@@H]2[C@H](c3ccccc31)C2(Cl)Cl. The maximum Gasteiger partial charge on any atom is 0.193 e. The molecule has 0 aromatic heterocycles. The lowest BCUT2D eigenvalue weighted by Gasteiger charge is -2.10. The highest BCUT2D eigenvalue weighted by Crippen LogP contribution is 2.71. The molecule has 2 atom stereocenters. The summed E-state index contributed by atoms with van der Waals surface area (Å²) in [5, 5.41) is 0. The molecule has 0 aliphatic heterocycles. The summed E-state index contributed by atoms with van der Waals surface area (Å²) in [6, 6.07) is 15.3. The van der Waals surface area contributed by atoms with E-state index < -0.39 is 4.33 Å². The van der Waals surface area contributed by atoms with Gasteiger partial charge in [0.2, 0.25) is 0 Å². The van der Waals surface area contributed by atoms with Crippen molar-refractivity contribution >= 4 is 29.0 Å². The van der Waals surface area contributed by atoms with Gasteiger partial charge in [-0.15, -0.1) is 23.2 Å². The van der Waals surface area contributed by atoms with Gasteiger partial charge < -0.3 is 0 Å². The number of carbonyl (C=O) groups excluding carboxylic acids is 1. The minimum absolute atomic E-state index is 0.0135. The number of ketones is 1. The molecule has 4 rings (SSSR count). The summed E-state index contributed by atoms with van der Waals surface area (Å²) in [5.74, 6) is 0.0989. The van der Waals surface area contributed by atoms with E-state index in [1.807, 2.05) is 48.5 Å². The van der Waals surface area contributed by atoms with Gasteiger partial charge in [0.05, 0.1) is 0 Å². The first-order valence-electron chi connectivity index (χ1n) is 6.22. The predicted octanol–water partition coefficient (Wildman–Crippen LogP) is 4.29. The number of fused-ring (bicyclic) bond motifs is 5. The Morgan fingerprint density at radius 1 is 0.789 bits per heavy atom. The molecule has 2 aliphatic carbocycles. The average Bonchev–Trinajstić information content (AvgIpc) is 3.02. The van der Waals surface area contributed by atoms with Crippen molar-refractivity contribution < 1.29 is 4.79 Å². The van der Waals surface area contributed by atoms with E-state index in [1.165, 1.54) is 0 Å². The van der Waals surface area contributed by atoms with Crippen LogP contribution in [-0.4, -0.2) is 10.1 Å². The van der Waals surface area contributed by atoms with Crippen LogP contribution in [0, 0.1) is 0 Å². The zero-order chi connectivity index (χ0) is 13.2. The normalized spacial score (nSPS) is 25.9. The topological polar surface area (TPSA) is 17.1 Å². The lowest BCUT2D eigenvalue weighted by molar-refractivity contribution is 0.103. The molecule has 3 heteroatoms. The van der Waals surface area contributed by atoms with Crippen molar-refractivity contribution in [1.29, 1.82) is 0 Å². The van der Waals surface area contributed by atoms with Crippen LogP contribution in [0.1, 0.15) is 38.9 Å². The first-order chi connectivity index (χ1) is 9.12. The number of hydrogen-bond donors (Lipinski definition) is 0. The molecule has 2 aromatic carbocycles. The second kappa shape index (κ2) is 3.62. The van der Waals surface area contributed by atoms with E-state index in [4.69, 9.17) is 23.2 Å². The van der Waals surface area contributed by atoms with Gasteiger partial charge in [-0.25, -0.2) is 0 Å². The van der Waals surface area contributed by atoms with Crippen LogP contribution in [0.15, 0.2) is 48.5 Å². The van der Waals surface area contributed by atoms with Crippen molar-refractivity contribution in [2.75, 3.05) is 0 Å². The molecule has 19 heavy (non-hydrogen) atoms. The Morgan fingerprint density at radius 3 is 1.68 bits per heavy atom. The van der Waals surface area contributed by atoms with E-state index in [9.17, 15) is 4.79 Å². The fraction of sp³-hybridized carbons (Fsp3) is 0.188. The molecule has 0 bridgehead atoms. The molecule has 2 aromatic rings. The summed E-state index contributed by atoms with van der Waals surface area (Å²) in [6.07, 6.45) is 0. The monoisotopic (exact) mass is 288 g/mol.